The number of pyridine rings is 1. The van der Waals surface area contributed by atoms with Crippen molar-refractivity contribution in [1.82, 2.24) is 10.3 Å². The molecule has 3 nitrogen and oxygen atoms in total. The molecular formula is C14H22N2O. The number of hydrogen-bond acceptors (Lipinski definition) is 3. The molecule has 0 saturated carbocycles. The number of nitrogens with one attached hydrogen (secondary N) is 1. The zero-order valence-corrected chi connectivity index (χ0v) is 10.6. The summed E-state index contributed by atoms with van der Waals surface area (Å²) in [5.41, 5.74) is 1.37. The minimum Gasteiger partial charge on any atom is -0.381 e. The number of ether oxygens (including phenoxy) is 1. The summed E-state index contributed by atoms with van der Waals surface area (Å²) in [6.45, 7) is 1.86. The number of aromatic nitrogens is 1. The predicted molar refractivity (Wildman–Crippen MR) is 68.9 cm³/mol. The molecule has 3 heteroatoms. The first kappa shape index (κ1) is 12.5. The van der Waals surface area contributed by atoms with E-state index >= 15 is 0 Å². The molecular weight excluding hydrogens is 212 g/mol. The van der Waals surface area contributed by atoms with E-state index in [4.69, 9.17) is 4.74 Å². The van der Waals surface area contributed by atoms with Gasteiger partial charge in [0.25, 0.3) is 0 Å². The molecule has 2 atom stereocenters. The van der Waals surface area contributed by atoms with Gasteiger partial charge in [-0.3, -0.25) is 4.98 Å². The Bertz CT molecular complexity index is 309. The molecule has 0 amide bonds. The van der Waals surface area contributed by atoms with Crippen molar-refractivity contribution in [2.24, 2.45) is 5.92 Å². The molecule has 2 heterocycles. The fraction of sp³-hybridized carbons (Fsp3) is 0.643. The fourth-order valence-corrected chi connectivity index (χ4v) is 2.57. The van der Waals surface area contributed by atoms with Crippen LogP contribution in [0.4, 0.5) is 0 Å². The van der Waals surface area contributed by atoms with Crippen LogP contribution in [0.1, 0.15) is 24.8 Å². The van der Waals surface area contributed by atoms with Gasteiger partial charge in [-0.05, 0) is 56.3 Å². The van der Waals surface area contributed by atoms with Crippen LogP contribution in [0.2, 0.25) is 0 Å². The topological polar surface area (TPSA) is 34.2 Å². The van der Waals surface area contributed by atoms with Gasteiger partial charge in [0, 0.05) is 25.0 Å². The molecule has 1 saturated heterocycles. The third kappa shape index (κ3) is 3.79. The molecule has 1 aromatic heterocycles. The van der Waals surface area contributed by atoms with Crippen LogP contribution in [0.25, 0.3) is 0 Å². The lowest BCUT2D eigenvalue weighted by molar-refractivity contribution is 0.0392. The Morgan fingerprint density at radius 3 is 2.94 bits per heavy atom. The maximum absolute atomic E-state index is 5.57. The quantitative estimate of drug-likeness (QED) is 0.846. The van der Waals surface area contributed by atoms with Gasteiger partial charge in [0.05, 0.1) is 6.61 Å². The largest absolute Gasteiger partial charge is 0.381 e. The van der Waals surface area contributed by atoms with Crippen LogP contribution >= 0.6 is 0 Å². The summed E-state index contributed by atoms with van der Waals surface area (Å²) in [4.78, 5) is 4.05. The van der Waals surface area contributed by atoms with E-state index in [0.717, 1.165) is 19.6 Å². The van der Waals surface area contributed by atoms with Gasteiger partial charge in [-0.2, -0.15) is 0 Å². The molecule has 0 radical (unpaired) electrons. The Morgan fingerprint density at radius 1 is 1.47 bits per heavy atom. The van der Waals surface area contributed by atoms with Crippen molar-refractivity contribution in [2.45, 2.75) is 31.7 Å². The second-order valence-electron chi connectivity index (χ2n) is 4.77. The SMILES string of the molecule is CNC(CCc1ccncc1)C1CCCOC1. The van der Waals surface area contributed by atoms with Crippen molar-refractivity contribution >= 4 is 0 Å². The summed E-state index contributed by atoms with van der Waals surface area (Å²) in [5, 5.41) is 3.45. The van der Waals surface area contributed by atoms with Gasteiger partial charge in [0.1, 0.15) is 0 Å². The van der Waals surface area contributed by atoms with Crippen LogP contribution < -0.4 is 5.32 Å². The van der Waals surface area contributed by atoms with Gasteiger partial charge in [-0.25, -0.2) is 0 Å². The van der Waals surface area contributed by atoms with E-state index in [9.17, 15) is 0 Å². The van der Waals surface area contributed by atoms with Crippen molar-refractivity contribution in [2.75, 3.05) is 20.3 Å². The Kier molecular flexibility index (Phi) is 4.95. The van der Waals surface area contributed by atoms with Gasteiger partial charge in [0.2, 0.25) is 0 Å². The summed E-state index contributed by atoms with van der Waals surface area (Å²) in [6, 6.07) is 4.78. The first-order chi connectivity index (χ1) is 8.40. The third-order valence-electron chi connectivity index (χ3n) is 3.63. The van der Waals surface area contributed by atoms with Crippen molar-refractivity contribution in [3.63, 3.8) is 0 Å². The standard InChI is InChI=1S/C14H22N2O/c1-15-14(13-3-2-10-17-11-13)5-4-12-6-8-16-9-7-12/h6-9,13-15H,2-5,10-11H2,1H3. The second-order valence-corrected chi connectivity index (χ2v) is 4.77. The monoisotopic (exact) mass is 234 g/mol. The highest BCUT2D eigenvalue weighted by molar-refractivity contribution is 5.09. The van der Waals surface area contributed by atoms with Crippen LogP contribution in [0.3, 0.4) is 0 Å². The normalized spacial score (nSPS) is 22.3. The van der Waals surface area contributed by atoms with Crippen molar-refractivity contribution in [3.8, 4) is 0 Å². The average Bonchev–Trinajstić information content (AvgIpc) is 2.42. The highest BCUT2D eigenvalue weighted by Crippen LogP contribution is 2.20. The molecule has 1 aliphatic rings. The molecule has 0 aliphatic carbocycles. The van der Waals surface area contributed by atoms with Gasteiger partial charge >= 0.3 is 0 Å². The Balaban J connectivity index is 1.82. The van der Waals surface area contributed by atoms with Gasteiger partial charge in [-0.1, -0.05) is 0 Å². The number of rotatable bonds is 5. The molecule has 17 heavy (non-hydrogen) atoms. The Morgan fingerprint density at radius 2 is 2.29 bits per heavy atom. The van der Waals surface area contributed by atoms with E-state index in [1.165, 1.54) is 24.8 Å². The second kappa shape index (κ2) is 6.72. The summed E-state index contributed by atoms with van der Waals surface area (Å²) in [6.07, 6.45) is 8.53. The highest BCUT2D eigenvalue weighted by atomic mass is 16.5. The molecule has 1 aromatic rings. The maximum Gasteiger partial charge on any atom is 0.0509 e. The van der Waals surface area contributed by atoms with Crippen LogP contribution in [-0.4, -0.2) is 31.3 Å². The van der Waals surface area contributed by atoms with Gasteiger partial charge < -0.3 is 10.1 Å². The number of hydrogen-bond donors (Lipinski definition) is 1. The fourth-order valence-electron chi connectivity index (χ4n) is 2.57. The molecule has 1 N–H and O–H groups in total. The van der Waals surface area contributed by atoms with E-state index < -0.39 is 0 Å². The number of aryl methyl sites for hydroxylation is 1. The number of nitrogens with zero attached hydrogens (tertiary/aromatic N) is 1. The Hall–Kier alpha value is -0.930. The van der Waals surface area contributed by atoms with E-state index in [2.05, 4.69) is 29.5 Å². The first-order valence-electron chi connectivity index (χ1n) is 6.54. The molecule has 2 unspecified atom stereocenters. The van der Waals surface area contributed by atoms with Gasteiger partial charge in [0.15, 0.2) is 0 Å². The van der Waals surface area contributed by atoms with E-state index in [-0.39, 0.29) is 0 Å². The predicted octanol–water partition coefficient (Wildman–Crippen LogP) is 2.03. The first-order valence-corrected chi connectivity index (χ1v) is 6.54. The molecule has 1 aliphatic heterocycles. The van der Waals surface area contributed by atoms with Crippen LogP contribution in [0.15, 0.2) is 24.5 Å². The maximum atomic E-state index is 5.57. The van der Waals surface area contributed by atoms with Crippen LogP contribution in [-0.2, 0) is 11.2 Å². The molecule has 0 aromatic carbocycles. The molecule has 0 spiro atoms. The van der Waals surface area contributed by atoms with Crippen molar-refractivity contribution < 1.29 is 4.74 Å². The van der Waals surface area contributed by atoms with Gasteiger partial charge in [-0.15, -0.1) is 0 Å². The minimum atomic E-state index is 0.573. The van der Waals surface area contributed by atoms with Crippen LogP contribution in [0.5, 0.6) is 0 Å². The lowest BCUT2D eigenvalue weighted by Crippen LogP contribution is -2.38. The zero-order valence-electron chi connectivity index (χ0n) is 10.6. The van der Waals surface area contributed by atoms with Crippen LogP contribution in [0, 0.1) is 5.92 Å². The summed E-state index contributed by atoms with van der Waals surface area (Å²) in [5.74, 6) is 0.676. The van der Waals surface area contributed by atoms with E-state index in [0.29, 0.717) is 12.0 Å². The highest BCUT2D eigenvalue weighted by Gasteiger charge is 2.22. The smallest absolute Gasteiger partial charge is 0.0509 e. The molecule has 1 fully saturated rings. The molecule has 94 valence electrons. The summed E-state index contributed by atoms with van der Waals surface area (Å²) < 4.78 is 5.57. The summed E-state index contributed by atoms with van der Waals surface area (Å²) >= 11 is 0. The Labute approximate surface area is 104 Å². The zero-order chi connectivity index (χ0) is 11.9. The van der Waals surface area contributed by atoms with Crippen molar-refractivity contribution in [1.29, 1.82) is 0 Å². The summed E-state index contributed by atoms with van der Waals surface area (Å²) in [7, 11) is 2.06. The van der Waals surface area contributed by atoms with Crippen molar-refractivity contribution in [3.05, 3.63) is 30.1 Å². The van der Waals surface area contributed by atoms with E-state index in [1.807, 2.05) is 12.4 Å². The van der Waals surface area contributed by atoms with E-state index in [1.54, 1.807) is 0 Å². The average molecular weight is 234 g/mol. The molecule has 2 rings (SSSR count). The lowest BCUT2D eigenvalue weighted by Gasteiger charge is -2.30. The third-order valence-corrected chi connectivity index (χ3v) is 3.63. The minimum absolute atomic E-state index is 0.573. The molecule has 0 bridgehead atoms. The lowest BCUT2D eigenvalue weighted by atomic mass is 9.90.